The Bertz CT molecular complexity index is 650. The lowest BCUT2D eigenvalue weighted by atomic mass is 10.0. The molecule has 2 heteroatoms. The highest BCUT2D eigenvalue weighted by Gasteiger charge is 2.27. The second-order valence-electron chi connectivity index (χ2n) is 6.19. The molecule has 2 nitrogen and oxygen atoms in total. The van der Waals surface area contributed by atoms with Crippen molar-refractivity contribution >= 4 is 5.69 Å². The first-order valence-corrected chi connectivity index (χ1v) is 7.66. The van der Waals surface area contributed by atoms with Crippen molar-refractivity contribution in [2.45, 2.75) is 39.3 Å². The molecule has 1 N–H and O–H groups in total. The van der Waals surface area contributed by atoms with E-state index in [1.807, 2.05) is 6.07 Å². The molecule has 0 radical (unpaired) electrons. The Labute approximate surface area is 127 Å². The highest BCUT2D eigenvalue weighted by molar-refractivity contribution is 5.59. The van der Waals surface area contributed by atoms with Gasteiger partial charge in [0.15, 0.2) is 0 Å². The summed E-state index contributed by atoms with van der Waals surface area (Å²) in [6.45, 7) is 7.08. The number of aryl methyl sites for hydroxylation is 2. The highest BCUT2D eigenvalue weighted by atomic mass is 16.3. The van der Waals surface area contributed by atoms with Crippen LogP contribution in [0.3, 0.4) is 0 Å². The molecule has 2 atom stereocenters. The summed E-state index contributed by atoms with van der Waals surface area (Å²) in [5, 5.41) is 10.6. The molecule has 1 aliphatic heterocycles. The molecule has 1 aliphatic rings. The average Bonchev–Trinajstić information content (AvgIpc) is 2.78. The Morgan fingerprint density at radius 1 is 1.14 bits per heavy atom. The molecule has 110 valence electrons. The van der Waals surface area contributed by atoms with E-state index < -0.39 is 6.10 Å². The van der Waals surface area contributed by atoms with Crippen molar-refractivity contribution in [1.29, 1.82) is 0 Å². The Morgan fingerprint density at radius 3 is 2.67 bits per heavy atom. The number of benzene rings is 2. The van der Waals surface area contributed by atoms with Gasteiger partial charge in [0.25, 0.3) is 0 Å². The van der Waals surface area contributed by atoms with Gasteiger partial charge in [-0.05, 0) is 55.5 Å². The van der Waals surface area contributed by atoms with E-state index in [1.54, 1.807) is 0 Å². The number of β-amino-alcohol motifs (C(OH)–C–C–N with tert-alkyl or cyclic N) is 1. The van der Waals surface area contributed by atoms with Gasteiger partial charge in [-0.15, -0.1) is 0 Å². The summed E-state index contributed by atoms with van der Waals surface area (Å²) in [5.74, 6) is 0. The molecular formula is C19H23NO. The van der Waals surface area contributed by atoms with E-state index in [9.17, 15) is 5.11 Å². The highest BCUT2D eigenvalue weighted by Crippen LogP contribution is 2.33. The van der Waals surface area contributed by atoms with Crippen molar-refractivity contribution in [3.8, 4) is 0 Å². The van der Waals surface area contributed by atoms with Crippen molar-refractivity contribution in [2.75, 3.05) is 11.4 Å². The predicted octanol–water partition coefficient (Wildman–Crippen LogP) is 3.79. The van der Waals surface area contributed by atoms with E-state index in [4.69, 9.17) is 0 Å². The minimum atomic E-state index is -0.446. The van der Waals surface area contributed by atoms with Crippen LogP contribution in [0.15, 0.2) is 42.5 Å². The lowest BCUT2D eigenvalue weighted by Gasteiger charge is -2.28. The van der Waals surface area contributed by atoms with E-state index in [2.05, 4.69) is 62.1 Å². The van der Waals surface area contributed by atoms with E-state index in [1.165, 1.54) is 22.4 Å². The smallest absolute Gasteiger partial charge is 0.0965 e. The third kappa shape index (κ3) is 2.68. The van der Waals surface area contributed by atoms with Crippen LogP contribution in [-0.4, -0.2) is 17.7 Å². The molecule has 1 heterocycles. The molecule has 0 fully saturated rings. The molecule has 0 saturated carbocycles. The predicted molar refractivity (Wildman–Crippen MR) is 87.8 cm³/mol. The van der Waals surface area contributed by atoms with Crippen LogP contribution in [0.1, 0.15) is 35.3 Å². The molecule has 2 unspecified atom stereocenters. The molecule has 0 amide bonds. The molecule has 0 aliphatic carbocycles. The summed E-state index contributed by atoms with van der Waals surface area (Å²) in [7, 11) is 0. The van der Waals surface area contributed by atoms with Gasteiger partial charge in [0.05, 0.1) is 6.10 Å². The van der Waals surface area contributed by atoms with Crippen molar-refractivity contribution in [3.05, 3.63) is 64.7 Å². The van der Waals surface area contributed by atoms with Gasteiger partial charge in [0.2, 0.25) is 0 Å². The zero-order valence-electron chi connectivity index (χ0n) is 13.0. The van der Waals surface area contributed by atoms with Crippen LogP contribution >= 0.6 is 0 Å². The normalized spacial score (nSPS) is 18.7. The molecule has 0 bridgehead atoms. The number of nitrogens with zero attached hydrogens (tertiary/aromatic N) is 1. The zero-order valence-corrected chi connectivity index (χ0v) is 13.0. The van der Waals surface area contributed by atoms with Crippen LogP contribution < -0.4 is 4.90 Å². The molecule has 0 aromatic heterocycles. The van der Waals surface area contributed by atoms with E-state index in [0.29, 0.717) is 12.6 Å². The minimum Gasteiger partial charge on any atom is -0.387 e. The number of fused-ring (bicyclic) bond motifs is 1. The van der Waals surface area contributed by atoms with E-state index in [-0.39, 0.29) is 0 Å². The second kappa shape index (κ2) is 5.53. The number of anilines is 1. The molecule has 3 rings (SSSR count). The fraction of sp³-hybridized carbons (Fsp3) is 0.368. The van der Waals surface area contributed by atoms with Crippen LogP contribution in [0.25, 0.3) is 0 Å². The monoisotopic (exact) mass is 281 g/mol. The largest absolute Gasteiger partial charge is 0.387 e. The minimum absolute atomic E-state index is 0.446. The first-order chi connectivity index (χ1) is 10.1. The van der Waals surface area contributed by atoms with Gasteiger partial charge in [-0.1, -0.05) is 36.4 Å². The Morgan fingerprint density at radius 2 is 1.90 bits per heavy atom. The number of para-hydroxylation sites is 1. The van der Waals surface area contributed by atoms with Crippen LogP contribution in [0, 0.1) is 13.8 Å². The molecule has 2 aromatic rings. The van der Waals surface area contributed by atoms with Gasteiger partial charge in [-0.3, -0.25) is 0 Å². The molecule has 21 heavy (non-hydrogen) atoms. The number of hydrogen-bond donors (Lipinski definition) is 1. The number of aliphatic hydroxyl groups is 1. The van der Waals surface area contributed by atoms with Crippen LogP contribution in [0.4, 0.5) is 5.69 Å². The van der Waals surface area contributed by atoms with Crippen molar-refractivity contribution < 1.29 is 5.11 Å². The fourth-order valence-electron chi connectivity index (χ4n) is 3.17. The van der Waals surface area contributed by atoms with E-state index in [0.717, 1.165) is 12.0 Å². The molecular weight excluding hydrogens is 258 g/mol. The maximum absolute atomic E-state index is 10.6. The first-order valence-electron chi connectivity index (χ1n) is 7.66. The second-order valence-corrected chi connectivity index (χ2v) is 6.19. The van der Waals surface area contributed by atoms with Crippen LogP contribution in [0.5, 0.6) is 0 Å². The third-order valence-corrected chi connectivity index (χ3v) is 4.63. The summed E-state index contributed by atoms with van der Waals surface area (Å²) in [4.78, 5) is 2.33. The molecule has 0 spiro atoms. The van der Waals surface area contributed by atoms with Gasteiger partial charge < -0.3 is 10.0 Å². The summed E-state index contributed by atoms with van der Waals surface area (Å²) in [6, 6.07) is 15.2. The van der Waals surface area contributed by atoms with Gasteiger partial charge in [-0.25, -0.2) is 0 Å². The van der Waals surface area contributed by atoms with Crippen molar-refractivity contribution in [2.24, 2.45) is 0 Å². The standard InChI is InChI=1S/C19H23NO/c1-13-8-9-17(10-14(13)2)19(21)12-20-15(3)11-16-6-4-5-7-18(16)20/h4-10,15,19,21H,11-12H2,1-3H3. The van der Waals surface area contributed by atoms with Gasteiger partial charge >= 0.3 is 0 Å². The summed E-state index contributed by atoms with van der Waals surface area (Å²) in [6.07, 6.45) is 0.619. The zero-order chi connectivity index (χ0) is 15.0. The van der Waals surface area contributed by atoms with Crippen LogP contribution in [-0.2, 0) is 6.42 Å². The van der Waals surface area contributed by atoms with Gasteiger partial charge in [0.1, 0.15) is 0 Å². The summed E-state index contributed by atoms with van der Waals surface area (Å²) >= 11 is 0. The Kier molecular flexibility index (Phi) is 3.73. The van der Waals surface area contributed by atoms with Crippen LogP contribution in [0.2, 0.25) is 0 Å². The maximum Gasteiger partial charge on any atom is 0.0965 e. The lowest BCUT2D eigenvalue weighted by molar-refractivity contribution is 0.181. The summed E-state index contributed by atoms with van der Waals surface area (Å²) < 4.78 is 0. The Balaban J connectivity index is 1.81. The maximum atomic E-state index is 10.6. The summed E-state index contributed by atoms with van der Waals surface area (Å²) in [5.41, 5.74) is 6.17. The Hall–Kier alpha value is -1.80. The average molecular weight is 281 g/mol. The van der Waals surface area contributed by atoms with Crippen molar-refractivity contribution in [3.63, 3.8) is 0 Å². The SMILES string of the molecule is Cc1ccc(C(O)CN2c3ccccc3CC2C)cc1C. The molecule has 2 aromatic carbocycles. The quantitative estimate of drug-likeness (QED) is 0.925. The number of hydrogen-bond acceptors (Lipinski definition) is 2. The fourth-order valence-corrected chi connectivity index (χ4v) is 3.17. The van der Waals surface area contributed by atoms with Crippen molar-refractivity contribution in [1.82, 2.24) is 0 Å². The first kappa shape index (κ1) is 14.2. The lowest BCUT2D eigenvalue weighted by Crippen LogP contribution is -2.33. The van der Waals surface area contributed by atoms with E-state index >= 15 is 0 Å². The third-order valence-electron chi connectivity index (χ3n) is 4.63. The number of aliphatic hydroxyl groups excluding tert-OH is 1. The number of rotatable bonds is 3. The van der Waals surface area contributed by atoms with Gasteiger partial charge in [-0.2, -0.15) is 0 Å². The van der Waals surface area contributed by atoms with Gasteiger partial charge in [0, 0.05) is 18.3 Å². The molecule has 0 saturated heterocycles. The topological polar surface area (TPSA) is 23.5 Å².